The van der Waals surface area contributed by atoms with Gasteiger partial charge >= 0.3 is 6.18 Å². The van der Waals surface area contributed by atoms with Crippen LogP contribution in [0.5, 0.6) is 0 Å². The van der Waals surface area contributed by atoms with E-state index in [4.69, 9.17) is 5.73 Å². The Morgan fingerprint density at radius 2 is 2.16 bits per heavy atom. The van der Waals surface area contributed by atoms with Crippen molar-refractivity contribution < 1.29 is 13.2 Å². The SMILES string of the molecule is Cc1nc(C(F)(F)F)c(CN2CCC[C@@H](N)C2)s1.Cl. The van der Waals surface area contributed by atoms with Crippen LogP contribution in [-0.4, -0.2) is 29.0 Å². The second-order valence-corrected chi connectivity index (χ2v) is 5.93. The van der Waals surface area contributed by atoms with E-state index < -0.39 is 11.9 Å². The van der Waals surface area contributed by atoms with Crippen molar-refractivity contribution in [3.8, 4) is 0 Å². The van der Waals surface area contributed by atoms with E-state index in [1.807, 2.05) is 4.90 Å². The molecule has 1 aromatic rings. The zero-order valence-electron chi connectivity index (χ0n) is 10.5. The standard InChI is InChI=1S/C11H16F3N3S.ClH/c1-7-16-10(11(12,13)14)9(18-7)6-17-4-2-3-8(15)5-17;/h8H,2-6,15H2,1H3;1H/t8-;/m1./s1. The Bertz CT molecular complexity index is 422. The summed E-state index contributed by atoms with van der Waals surface area (Å²) in [7, 11) is 0. The molecule has 2 rings (SSSR count). The Morgan fingerprint density at radius 3 is 2.74 bits per heavy atom. The van der Waals surface area contributed by atoms with Gasteiger partial charge in [0.1, 0.15) is 0 Å². The van der Waals surface area contributed by atoms with Crippen molar-refractivity contribution in [2.75, 3.05) is 13.1 Å². The molecule has 19 heavy (non-hydrogen) atoms. The highest BCUT2D eigenvalue weighted by molar-refractivity contribution is 7.11. The number of alkyl halides is 3. The van der Waals surface area contributed by atoms with E-state index in [9.17, 15) is 13.2 Å². The number of nitrogens with zero attached hydrogens (tertiary/aromatic N) is 2. The fourth-order valence-corrected chi connectivity index (χ4v) is 3.23. The molecule has 0 radical (unpaired) electrons. The van der Waals surface area contributed by atoms with E-state index in [0.29, 0.717) is 23.0 Å². The smallest absolute Gasteiger partial charge is 0.327 e. The highest BCUT2D eigenvalue weighted by Gasteiger charge is 2.37. The van der Waals surface area contributed by atoms with Crippen molar-refractivity contribution in [1.82, 2.24) is 9.88 Å². The second kappa shape index (κ2) is 6.39. The molecule has 1 fully saturated rings. The molecular weight excluding hydrogens is 299 g/mol. The predicted octanol–water partition coefficient (Wildman–Crippen LogP) is 2.82. The number of nitrogens with two attached hydrogens (primary N) is 1. The second-order valence-electron chi connectivity index (χ2n) is 4.64. The third-order valence-electron chi connectivity index (χ3n) is 2.98. The number of piperidine rings is 1. The summed E-state index contributed by atoms with van der Waals surface area (Å²) in [5, 5.41) is 0.457. The van der Waals surface area contributed by atoms with E-state index in [-0.39, 0.29) is 18.4 Å². The lowest BCUT2D eigenvalue weighted by Crippen LogP contribution is -2.42. The van der Waals surface area contributed by atoms with Gasteiger partial charge < -0.3 is 5.73 Å². The first-order valence-corrected chi connectivity index (χ1v) is 6.69. The van der Waals surface area contributed by atoms with Crippen LogP contribution < -0.4 is 5.73 Å². The maximum atomic E-state index is 12.8. The van der Waals surface area contributed by atoms with E-state index in [0.717, 1.165) is 30.7 Å². The number of rotatable bonds is 2. The summed E-state index contributed by atoms with van der Waals surface area (Å²) in [6, 6.07) is 0.0714. The van der Waals surface area contributed by atoms with Gasteiger partial charge in [-0.05, 0) is 26.3 Å². The van der Waals surface area contributed by atoms with Crippen LogP contribution in [0.1, 0.15) is 28.4 Å². The van der Waals surface area contributed by atoms with Crippen molar-refractivity contribution in [2.24, 2.45) is 5.73 Å². The number of aryl methyl sites for hydroxylation is 1. The van der Waals surface area contributed by atoms with Gasteiger partial charge in [0.2, 0.25) is 0 Å². The van der Waals surface area contributed by atoms with Crippen LogP contribution in [0.4, 0.5) is 13.2 Å². The predicted molar refractivity (Wildman–Crippen MR) is 71.6 cm³/mol. The molecule has 1 aliphatic heterocycles. The van der Waals surface area contributed by atoms with Gasteiger partial charge in [-0.25, -0.2) is 4.98 Å². The highest BCUT2D eigenvalue weighted by Crippen LogP contribution is 2.35. The van der Waals surface area contributed by atoms with Crippen LogP contribution in [0.2, 0.25) is 0 Å². The van der Waals surface area contributed by atoms with Gasteiger partial charge in [0.15, 0.2) is 5.69 Å². The zero-order chi connectivity index (χ0) is 13.3. The van der Waals surface area contributed by atoms with Gasteiger partial charge in [-0.1, -0.05) is 0 Å². The molecule has 0 aliphatic carbocycles. The molecule has 1 atom stereocenters. The van der Waals surface area contributed by atoms with Gasteiger partial charge in [0.05, 0.1) is 9.88 Å². The van der Waals surface area contributed by atoms with E-state index in [1.54, 1.807) is 6.92 Å². The maximum absolute atomic E-state index is 12.8. The Labute approximate surface area is 120 Å². The molecule has 0 spiro atoms. The van der Waals surface area contributed by atoms with Crippen molar-refractivity contribution >= 4 is 23.7 Å². The molecule has 1 aromatic heterocycles. The molecule has 0 bridgehead atoms. The monoisotopic (exact) mass is 315 g/mol. The Hall–Kier alpha value is -0.370. The summed E-state index contributed by atoms with van der Waals surface area (Å²) in [5.74, 6) is 0. The molecule has 1 aliphatic rings. The maximum Gasteiger partial charge on any atom is 0.434 e. The van der Waals surface area contributed by atoms with Gasteiger partial charge in [-0.2, -0.15) is 13.2 Å². The molecule has 2 heterocycles. The molecule has 2 N–H and O–H groups in total. The molecular formula is C11H17ClF3N3S. The van der Waals surface area contributed by atoms with Gasteiger partial charge in [-0.3, -0.25) is 4.90 Å². The molecule has 0 amide bonds. The number of hydrogen-bond donors (Lipinski definition) is 1. The largest absolute Gasteiger partial charge is 0.434 e. The van der Waals surface area contributed by atoms with Crippen LogP contribution in [0.25, 0.3) is 0 Å². The molecule has 110 valence electrons. The van der Waals surface area contributed by atoms with Crippen LogP contribution >= 0.6 is 23.7 Å². The average molecular weight is 316 g/mol. The Kier molecular flexibility index (Phi) is 5.61. The van der Waals surface area contributed by atoms with Gasteiger partial charge in [0.25, 0.3) is 0 Å². The minimum absolute atomic E-state index is 0. The third kappa shape index (κ3) is 4.30. The van der Waals surface area contributed by atoms with E-state index >= 15 is 0 Å². The molecule has 3 nitrogen and oxygen atoms in total. The van der Waals surface area contributed by atoms with Crippen molar-refractivity contribution in [3.05, 3.63) is 15.6 Å². The minimum Gasteiger partial charge on any atom is -0.327 e. The van der Waals surface area contributed by atoms with Crippen LogP contribution in [-0.2, 0) is 12.7 Å². The number of thiazole rings is 1. The molecule has 0 aromatic carbocycles. The fraction of sp³-hybridized carbons (Fsp3) is 0.727. The van der Waals surface area contributed by atoms with Crippen LogP contribution in [0.15, 0.2) is 0 Å². The summed E-state index contributed by atoms with van der Waals surface area (Å²) >= 11 is 1.12. The van der Waals surface area contributed by atoms with Crippen molar-refractivity contribution in [1.29, 1.82) is 0 Å². The van der Waals surface area contributed by atoms with Crippen LogP contribution in [0, 0.1) is 6.92 Å². The fourth-order valence-electron chi connectivity index (χ4n) is 2.24. The van der Waals surface area contributed by atoms with E-state index in [1.165, 1.54) is 0 Å². The lowest BCUT2D eigenvalue weighted by molar-refractivity contribution is -0.141. The summed E-state index contributed by atoms with van der Waals surface area (Å²) in [6.45, 7) is 3.37. The Balaban J connectivity index is 0.00000180. The zero-order valence-corrected chi connectivity index (χ0v) is 12.2. The Morgan fingerprint density at radius 1 is 1.47 bits per heavy atom. The third-order valence-corrected chi connectivity index (χ3v) is 3.94. The summed E-state index contributed by atoms with van der Waals surface area (Å²) in [6.07, 6.45) is -2.47. The first-order valence-electron chi connectivity index (χ1n) is 5.87. The minimum atomic E-state index is -4.36. The highest BCUT2D eigenvalue weighted by atomic mass is 35.5. The normalized spacial score (nSPS) is 21.2. The summed E-state index contributed by atoms with van der Waals surface area (Å²) < 4.78 is 38.4. The first kappa shape index (κ1) is 16.7. The van der Waals surface area contributed by atoms with Crippen molar-refractivity contribution in [3.63, 3.8) is 0 Å². The summed E-state index contributed by atoms with van der Waals surface area (Å²) in [4.78, 5) is 5.88. The topological polar surface area (TPSA) is 42.2 Å². The molecule has 8 heteroatoms. The number of halogens is 4. The number of aromatic nitrogens is 1. The number of likely N-dealkylation sites (tertiary alicyclic amines) is 1. The first-order chi connectivity index (χ1) is 8.36. The van der Waals surface area contributed by atoms with Crippen molar-refractivity contribution in [2.45, 2.75) is 38.5 Å². The molecule has 1 saturated heterocycles. The molecule has 0 saturated carbocycles. The lowest BCUT2D eigenvalue weighted by Gasteiger charge is -2.30. The quantitative estimate of drug-likeness (QED) is 0.912. The van der Waals surface area contributed by atoms with Gasteiger partial charge in [-0.15, -0.1) is 23.7 Å². The van der Waals surface area contributed by atoms with Gasteiger partial charge in [0, 0.05) is 19.1 Å². The van der Waals surface area contributed by atoms with Crippen LogP contribution in [0.3, 0.4) is 0 Å². The lowest BCUT2D eigenvalue weighted by atomic mass is 10.1. The summed E-state index contributed by atoms with van der Waals surface area (Å²) in [5.41, 5.74) is 5.10. The number of hydrogen-bond acceptors (Lipinski definition) is 4. The average Bonchev–Trinajstić information content (AvgIpc) is 2.59. The van der Waals surface area contributed by atoms with E-state index in [2.05, 4.69) is 4.98 Å². The molecule has 0 unspecified atom stereocenters.